The van der Waals surface area contributed by atoms with Crippen molar-refractivity contribution < 1.29 is 18.3 Å². The minimum absolute atomic E-state index is 0.0405. The molecule has 5 nitrogen and oxygen atoms in total. The van der Waals surface area contributed by atoms with E-state index in [2.05, 4.69) is 5.32 Å². The molecule has 0 atom stereocenters. The first kappa shape index (κ1) is 16.1. The fourth-order valence-corrected chi connectivity index (χ4v) is 2.07. The number of urea groups is 1. The molecule has 1 rings (SSSR count). The Morgan fingerprint density at radius 3 is 2.58 bits per heavy atom. The second-order valence-electron chi connectivity index (χ2n) is 4.86. The van der Waals surface area contributed by atoms with Crippen molar-refractivity contribution in [2.75, 3.05) is 46.9 Å². The Morgan fingerprint density at radius 1 is 1.42 bits per heavy atom. The predicted octanol–water partition coefficient (Wildman–Crippen LogP) is 1.00. The second-order valence-corrected chi connectivity index (χ2v) is 4.86. The maximum absolute atomic E-state index is 11.8. The van der Waals surface area contributed by atoms with Crippen molar-refractivity contribution >= 4 is 6.03 Å². The Hall–Kier alpha value is -0.950. The molecule has 1 aliphatic heterocycles. The zero-order valence-corrected chi connectivity index (χ0v) is 11.6. The van der Waals surface area contributed by atoms with Crippen LogP contribution in [0.2, 0.25) is 0 Å². The molecule has 0 bridgehead atoms. The largest absolute Gasteiger partial charge is 0.374 e. The summed E-state index contributed by atoms with van der Waals surface area (Å²) in [5, 5.41) is 3.26. The third-order valence-electron chi connectivity index (χ3n) is 3.07. The summed E-state index contributed by atoms with van der Waals surface area (Å²) in [6, 6.07) is 0.375. The van der Waals surface area contributed by atoms with Gasteiger partial charge in [0.05, 0.1) is 6.61 Å². The monoisotopic (exact) mass is 279 g/mol. The Balaban J connectivity index is 2.08. The van der Waals surface area contributed by atoms with Gasteiger partial charge in [0.15, 0.2) is 0 Å². The van der Waals surface area contributed by atoms with E-state index in [9.17, 15) is 13.6 Å². The Kier molecular flexibility index (Phi) is 7.01. The van der Waals surface area contributed by atoms with Crippen molar-refractivity contribution in [2.45, 2.75) is 25.3 Å². The lowest BCUT2D eigenvalue weighted by Crippen LogP contribution is -2.48. The number of amides is 2. The molecule has 19 heavy (non-hydrogen) atoms. The van der Waals surface area contributed by atoms with Crippen molar-refractivity contribution in [1.29, 1.82) is 0 Å². The Bertz CT molecular complexity index is 270. The highest BCUT2D eigenvalue weighted by atomic mass is 19.3. The van der Waals surface area contributed by atoms with Crippen molar-refractivity contribution in [3.63, 3.8) is 0 Å². The van der Waals surface area contributed by atoms with Crippen LogP contribution in [-0.4, -0.2) is 75.2 Å². The highest BCUT2D eigenvalue weighted by Gasteiger charge is 2.23. The van der Waals surface area contributed by atoms with Gasteiger partial charge in [-0.05, 0) is 12.8 Å². The first-order valence-corrected chi connectivity index (χ1v) is 6.56. The first-order chi connectivity index (χ1) is 9.00. The molecule has 0 aromatic rings. The van der Waals surface area contributed by atoms with Crippen LogP contribution >= 0.6 is 0 Å². The summed E-state index contributed by atoms with van der Waals surface area (Å²) in [7, 11) is 3.49. The third kappa shape index (κ3) is 6.15. The van der Waals surface area contributed by atoms with Crippen LogP contribution in [0.4, 0.5) is 13.6 Å². The highest BCUT2D eigenvalue weighted by Crippen LogP contribution is 2.11. The number of ether oxygens (including phenoxy) is 1. The van der Waals surface area contributed by atoms with Gasteiger partial charge in [-0.3, -0.25) is 0 Å². The number of hydrogen-bond acceptors (Lipinski definition) is 3. The van der Waals surface area contributed by atoms with Gasteiger partial charge < -0.3 is 19.9 Å². The van der Waals surface area contributed by atoms with Gasteiger partial charge >= 0.3 is 6.03 Å². The van der Waals surface area contributed by atoms with Crippen LogP contribution in [0.3, 0.4) is 0 Å². The molecule has 2 amide bonds. The summed E-state index contributed by atoms with van der Waals surface area (Å²) in [5.74, 6) is 0. The summed E-state index contributed by atoms with van der Waals surface area (Å²) in [6.45, 7) is 1.82. The number of likely N-dealkylation sites (tertiary alicyclic amines) is 1. The second kappa shape index (κ2) is 8.27. The van der Waals surface area contributed by atoms with Crippen LogP contribution in [-0.2, 0) is 4.74 Å². The molecule has 1 heterocycles. The quantitative estimate of drug-likeness (QED) is 0.738. The highest BCUT2D eigenvalue weighted by molar-refractivity contribution is 5.73. The van der Waals surface area contributed by atoms with E-state index in [-0.39, 0.29) is 6.03 Å². The lowest BCUT2D eigenvalue weighted by Gasteiger charge is -2.34. The normalized spacial score (nSPS) is 17.0. The molecule has 0 saturated carbocycles. The molecule has 7 heteroatoms. The molecule has 0 aliphatic carbocycles. The van der Waals surface area contributed by atoms with Crippen molar-refractivity contribution in [2.24, 2.45) is 0 Å². The molecule has 112 valence electrons. The van der Waals surface area contributed by atoms with Crippen LogP contribution in [0, 0.1) is 0 Å². The van der Waals surface area contributed by atoms with E-state index in [1.54, 1.807) is 19.0 Å². The number of carbonyl (C=O) groups is 1. The van der Waals surface area contributed by atoms with E-state index in [1.807, 2.05) is 4.90 Å². The van der Waals surface area contributed by atoms with Crippen LogP contribution in [0.15, 0.2) is 0 Å². The molecule has 1 saturated heterocycles. The maximum atomic E-state index is 11.8. The van der Waals surface area contributed by atoms with Crippen LogP contribution in [0.1, 0.15) is 12.8 Å². The van der Waals surface area contributed by atoms with Crippen molar-refractivity contribution in [3.05, 3.63) is 0 Å². The zero-order chi connectivity index (χ0) is 14.3. The van der Waals surface area contributed by atoms with Gasteiger partial charge in [0.1, 0.15) is 6.61 Å². The smallest absolute Gasteiger partial charge is 0.319 e. The van der Waals surface area contributed by atoms with Gasteiger partial charge in [-0.2, -0.15) is 0 Å². The Labute approximate surface area is 112 Å². The standard InChI is InChI=1S/C12H23F2N3O2/c1-16(2)12(18)17-6-3-10(4-7-17)15-5-8-19-9-11(13)14/h10-11,15H,3-9H2,1-2H3. The molecule has 0 radical (unpaired) electrons. The van der Waals surface area contributed by atoms with Crippen molar-refractivity contribution in [3.8, 4) is 0 Å². The lowest BCUT2D eigenvalue weighted by atomic mass is 10.1. The van der Waals surface area contributed by atoms with Gasteiger partial charge in [-0.25, -0.2) is 13.6 Å². The SMILES string of the molecule is CN(C)C(=O)N1CCC(NCCOCC(F)F)CC1. The molecule has 1 N–H and O–H groups in total. The number of halogens is 2. The van der Waals surface area contributed by atoms with Gasteiger partial charge in [0.25, 0.3) is 6.43 Å². The number of nitrogens with one attached hydrogen (secondary N) is 1. The summed E-state index contributed by atoms with van der Waals surface area (Å²) in [6.07, 6.45) is -0.636. The minimum atomic E-state index is -2.40. The van der Waals surface area contributed by atoms with Crippen LogP contribution < -0.4 is 5.32 Å². The van der Waals surface area contributed by atoms with E-state index >= 15 is 0 Å². The average Bonchev–Trinajstić information content (AvgIpc) is 2.37. The molecule has 1 aliphatic rings. The first-order valence-electron chi connectivity index (χ1n) is 6.56. The van der Waals surface area contributed by atoms with Crippen LogP contribution in [0.5, 0.6) is 0 Å². The number of carbonyl (C=O) groups excluding carboxylic acids is 1. The van der Waals surface area contributed by atoms with Gasteiger partial charge in [-0.15, -0.1) is 0 Å². The summed E-state index contributed by atoms with van der Waals surface area (Å²) in [5.41, 5.74) is 0. The summed E-state index contributed by atoms with van der Waals surface area (Å²) < 4.78 is 28.4. The third-order valence-corrected chi connectivity index (χ3v) is 3.07. The predicted molar refractivity (Wildman–Crippen MR) is 68.5 cm³/mol. The molecular weight excluding hydrogens is 256 g/mol. The molecule has 0 aromatic heterocycles. The number of nitrogens with zero attached hydrogens (tertiary/aromatic N) is 2. The minimum Gasteiger partial charge on any atom is -0.374 e. The van der Waals surface area contributed by atoms with E-state index in [0.717, 1.165) is 25.9 Å². The molecule has 1 fully saturated rings. The fourth-order valence-electron chi connectivity index (χ4n) is 2.07. The van der Waals surface area contributed by atoms with E-state index in [1.165, 1.54) is 0 Å². The van der Waals surface area contributed by atoms with E-state index in [0.29, 0.717) is 19.2 Å². The summed E-state index contributed by atoms with van der Waals surface area (Å²) in [4.78, 5) is 15.1. The lowest BCUT2D eigenvalue weighted by molar-refractivity contribution is 0.0178. The number of alkyl halides is 2. The number of piperidine rings is 1. The van der Waals surface area contributed by atoms with E-state index in [4.69, 9.17) is 4.74 Å². The Morgan fingerprint density at radius 2 is 2.05 bits per heavy atom. The number of hydrogen-bond donors (Lipinski definition) is 1. The molecule has 0 unspecified atom stereocenters. The number of rotatable bonds is 6. The zero-order valence-electron chi connectivity index (χ0n) is 11.6. The molecular formula is C12H23F2N3O2. The van der Waals surface area contributed by atoms with E-state index < -0.39 is 13.0 Å². The topological polar surface area (TPSA) is 44.8 Å². The molecule has 0 aromatic carbocycles. The van der Waals surface area contributed by atoms with Gasteiger partial charge in [-0.1, -0.05) is 0 Å². The summed E-state index contributed by atoms with van der Waals surface area (Å²) >= 11 is 0. The fraction of sp³-hybridized carbons (Fsp3) is 0.917. The van der Waals surface area contributed by atoms with Crippen molar-refractivity contribution in [1.82, 2.24) is 15.1 Å². The van der Waals surface area contributed by atoms with Crippen LogP contribution in [0.25, 0.3) is 0 Å². The maximum Gasteiger partial charge on any atom is 0.319 e. The molecule has 0 spiro atoms. The average molecular weight is 279 g/mol. The van der Waals surface area contributed by atoms with Gasteiger partial charge in [0, 0.05) is 39.8 Å². The van der Waals surface area contributed by atoms with Gasteiger partial charge in [0.2, 0.25) is 0 Å².